The molecule has 0 saturated heterocycles. The average Bonchev–Trinajstić information content (AvgIpc) is 2.53. The molecule has 2 heteroatoms. The standard InChI is InChI=1S/C20H36O2/c1-3-14-13-20(2)12-11-18(22)16(19(14)20)9-10-17(21)15-7-5-4-6-8-15/h14-19,21-22H,3-13H2,1-2H3/t14?,16-,17+,18+,19-,20-/m1/s1. The summed E-state index contributed by atoms with van der Waals surface area (Å²) < 4.78 is 0. The van der Waals surface area contributed by atoms with Gasteiger partial charge in [0.15, 0.2) is 0 Å². The van der Waals surface area contributed by atoms with E-state index in [4.69, 9.17) is 0 Å². The van der Waals surface area contributed by atoms with Crippen molar-refractivity contribution in [2.24, 2.45) is 29.1 Å². The van der Waals surface area contributed by atoms with Crippen LogP contribution < -0.4 is 0 Å². The van der Waals surface area contributed by atoms with Gasteiger partial charge >= 0.3 is 0 Å². The molecule has 3 rings (SSSR count). The van der Waals surface area contributed by atoms with Crippen LogP contribution in [-0.4, -0.2) is 22.4 Å². The van der Waals surface area contributed by atoms with Gasteiger partial charge in [0.05, 0.1) is 12.2 Å². The molecule has 0 aromatic heterocycles. The second kappa shape index (κ2) is 6.81. The van der Waals surface area contributed by atoms with Gasteiger partial charge in [0.1, 0.15) is 0 Å². The number of hydrogen-bond donors (Lipinski definition) is 2. The molecule has 0 aromatic rings. The predicted molar refractivity (Wildman–Crippen MR) is 90.5 cm³/mol. The SMILES string of the molecule is CCC1C[C@@]2(C)CC[C@H](O)[C@@H](CC[C@H](O)C3CCCCC3)[C@@H]12. The summed E-state index contributed by atoms with van der Waals surface area (Å²) in [7, 11) is 0. The first kappa shape index (κ1) is 16.8. The van der Waals surface area contributed by atoms with Gasteiger partial charge in [-0.1, -0.05) is 39.5 Å². The molecule has 22 heavy (non-hydrogen) atoms. The van der Waals surface area contributed by atoms with E-state index in [2.05, 4.69) is 13.8 Å². The number of aliphatic hydroxyl groups is 2. The third-order valence-electron chi connectivity index (χ3n) is 7.52. The van der Waals surface area contributed by atoms with Crippen molar-refractivity contribution in [3.05, 3.63) is 0 Å². The molecule has 0 aromatic carbocycles. The van der Waals surface area contributed by atoms with Gasteiger partial charge in [0.25, 0.3) is 0 Å². The van der Waals surface area contributed by atoms with Crippen LogP contribution >= 0.6 is 0 Å². The normalized spacial score (nSPS) is 44.2. The maximum atomic E-state index is 10.6. The van der Waals surface area contributed by atoms with Gasteiger partial charge in [-0.2, -0.15) is 0 Å². The van der Waals surface area contributed by atoms with Crippen molar-refractivity contribution < 1.29 is 10.2 Å². The summed E-state index contributed by atoms with van der Waals surface area (Å²) in [4.78, 5) is 0. The molecule has 3 saturated carbocycles. The first-order valence-corrected chi connectivity index (χ1v) is 9.91. The van der Waals surface area contributed by atoms with Crippen LogP contribution in [0.3, 0.4) is 0 Å². The van der Waals surface area contributed by atoms with Crippen molar-refractivity contribution in [3.8, 4) is 0 Å². The summed E-state index contributed by atoms with van der Waals surface area (Å²) in [6, 6.07) is 0. The van der Waals surface area contributed by atoms with E-state index in [1.54, 1.807) is 0 Å². The number of aliphatic hydroxyl groups excluding tert-OH is 2. The maximum Gasteiger partial charge on any atom is 0.0571 e. The molecule has 1 unspecified atom stereocenters. The monoisotopic (exact) mass is 308 g/mol. The van der Waals surface area contributed by atoms with Crippen molar-refractivity contribution >= 4 is 0 Å². The Balaban J connectivity index is 1.57. The Bertz CT molecular complexity index is 359. The highest BCUT2D eigenvalue weighted by Crippen LogP contribution is 2.62. The molecule has 3 aliphatic rings. The summed E-state index contributed by atoms with van der Waals surface area (Å²) >= 11 is 0. The van der Waals surface area contributed by atoms with E-state index in [-0.39, 0.29) is 12.2 Å². The Morgan fingerprint density at radius 2 is 1.86 bits per heavy atom. The van der Waals surface area contributed by atoms with Crippen molar-refractivity contribution in [3.63, 3.8) is 0 Å². The summed E-state index contributed by atoms with van der Waals surface area (Å²) in [5.74, 6) is 2.50. The number of hydrogen-bond acceptors (Lipinski definition) is 2. The quantitative estimate of drug-likeness (QED) is 0.783. The smallest absolute Gasteiger partial charge is 0.0571 e. The Hall–Kier alpha value is -0.0800. The van der Waals surface area contributed by atoms with Gasteiger partial charge in [0, 0.05) is 0 Å². The highest BCUT2D eigenvalue weighted by atomic mass is 16.3. The van der Waals surface area contributed by atoms with E-state index in [0.717, 1.165) is 25.2 Å². The lowest BCUT2D eigenvalue weighted by Crippen LogP contribution is -2.56. The fraction of sp³-hybridized carbons (Fsp3) is 1.00. The molecule has 0 radical (unpaired) electrons. The van der Waals surface area contributed by atoms with Crippen molar-refractivity contribution in [1.82, 2.24) is 0 Å². The molecule has 0 bridgehead atoms. The predicted octanol–water partition coefficient (Wildman–Crippen LogP) is 4.53. The third-order valence-corrected chi connectivity index (χ3v) is 7.52. The molecule has 0 amide bonds. The van der Waals surface area contributed by atoms with Gasteiger partial charge in [0.2, 0.25) is 0 Å². The Morgan fingerprint density at radius 3 is 2.55 bits per heavy atom. The summed E-state index contributed by atoms with van der Waals surface area (Å²) in [6.45, 7) is 4.75. The molecular weight excluding hydrogens is 272 g/mol. The molecule has 6 atom stereocenters. The van der Waals surface area contributed by atoms with Crippen LogP contribution in [0.25, 0.3) is 0 Å². The first-order valence-electron chi connectivity index (χ1n) is 9.91. The fourth-order valence-electron chi connectivity index (χ4n) is 6.22. The largest absolute Gasteiger partial charge is 0.393 e. The van der Waals surface area contributed by atoms with Crippen LogP contribution in [0.15, 0.2) is 0 Å². The zero-order valence-electron chi connectivity index (χ0n) is 14.6. The highest BCUT2D eigenvalue weighted by molar-refractivity contribution is 5.05. The fourth-order valence-corrected chi connectivity index (χ4v) is 6.22. The van der Waals surface area contributed by atoms with E-state index < -0.39 is 0 Å². The Morgan fingerprint density at radius 1 is 1.14 bits per heavy atom. The summed E-state index contributed by atoms with van der Waals surface area (Å²) in [5.41, 5.74) is 0.486. The summed E-state index contributed by atoms with van der Waals surface area (Å²) in [6.07, 6.45) is 12.9. The zero-order chi connectivity index (χ0) is 15.7. The maximum absolute atomic E-state index is 10.6. The van der Waals surface area contributed by atoms with Crippen LogP contribution in [0.4, 0.5) is 0 Å². The molecule has 0 aliphatic heterocycles. The van der Waals surface area contributed by atoms with Gasteiger partial charge in [-0.3, -0.25) is 0 Å². The van der Waals surface area contributed by atoms with E-state index >= 15 is 0 Å². The van der Waals surface area contributed by atoms with E-state index in [1.807, 2.05) is 0 Å². The van der Waals surface area contributed by atoms with Crippen LogP contribution in [0.1, 0.15) is 84.5 Å². The minimum Gasteiger partial charge on any atom is -0.393 e. The Kier molecular flexibility index (Phi) is 5.19. The topological polar surface area (TPSA) is 40.5 Å². The molecule has 0 spiro atoms. The molecule has 2 nitrogen and oxygen atoms in total. The summed E-state index contributed by atoms with van der Waals surface area (Å²) in [5, 5.41) is 21.1. The van der Waals surface area contributed by atoms with Crippen LogP contribution in [-0.2, 0) is 0 Å². The van der Waals surface area contributed by atoms with E-state index in [9.17, 15) is 10.2 Å². The van der Waals surface area contributed by atoms with Crippen LogP contribution in [0.2, 0.25) is 0 Å². The lowest BCUT2D eigenvalue weighted by atomic mass is 9.44. The van der Waals surface area contributed by atoms with Gasteiger partial charge in [-0.05, 0) is 74.0 Å². The molecule has 3 aliphatic carbocycles. The molecule has 3 fully saturated rings. The van der Waals surface area contributed by atoms with Crippen molar-refractivity contribution in [2.75, 3.05) is 0 Å². The minimum atomic E-state index is -0.124. The Labute approximate surface area is 136 Å². The highest BCUT2D eigenvalue weighted by Gasteiger charge is 2.56. The van der Waals surface area contributed by atoms with Crippen molar-refractivity contribution in [2.45, 2.75) is 96.7 Å². The molecular formula is C20H36O2. The van der Waals surface area contributed by atoms with E-state index in [1.165, 1.54) is 51.4 Å². The van der Waals surface area contributed by atoms with Crippen LogP contribution in [0.5, 0.6) is 0 Å². The van der Waals surface area contributed by atoms with Gasteiger partial charge in [-0.15, -0.1) is 0 Å². The average molecular weight is 309 g/mol. The van der Waals surface area contributed by atoms with Crippen molar-refractivity contribution in [1.29, 1.82) is 0 Å². The number of rotatable bonds is 5. The molecule has 0 heterocycles. The second-order valence-electron chi connectivity index (χ2n) is 8.86. The molecule has 128 valence electrons. The van der Waals surface area contributed by atoms with Crippen LogP contribution in [0, 0.1) is 29.1 Å². The second-order valence-corrected chi connectivity index (χ2v) is 8.86. The van der Waals surface area contributed by atoms with Gasteiger partial charge in [-0.25, -0.2) is 0 Å². The van der Waals surface area contributed by atoms with E-state index in [0.29, 0.717) is 23.2 Å². The third kappa shape index (κ3) is 3.11. The van der Waals surface area contributed by atoms with Gasteiger partial charge < -0.3 is 10.2 Å². The lowest BCUT2D eigenvalue weighted by Gasteiger charge is -2.61. The lowest BCUT2D eigenvalue weighted by molar-refractivity contribution is -0.150. The number of fused-ring (bicyclic) bond motifs is 1. The first-order chi connectivity index (χ1) is 10.5. The zero-order valence-corrected chi connectivity index (χ0v) is 14.6. The molecule has 2 N–H and O–H groups in total. The minimum absolute atomic E-state index is 0.119.